The summed E-state index contributed by atoms with van der Waals surface area (Å²) in [5.41, 5.74) is 32.2. The van der Waals surface area contributed by atoms with Gasteiger partial charge in [-0.05, 0) is 157 Å². The lowest BCUT2D eigenvalue weighted by Gasteiger charge is -2.13. The van der Waals surface area contributed by atoms with E-state index >= 15 is 0 Å². The minimum absolute atomic E-state index is 1.26. The van der Waals surface area contributed by atoms with Gasteiger partial charge in [0.05, 0.1) is 0 Å². The van der Waals surface area contributed by atoms with Gasteiger partial charge in [-0.15, -0.1) is 0 Å². The van der Waals surface area contributed by atoms with Crippen LogP contribution in [0.5, 0.6) is 0 Å². The highest BCUT2D eigenvalue weighted by molar-refractivity contribution is 5.88. The number of aryl methyl sites for hydroxylation is 5. The molecule has 0 atom stereocenters. The van der Waals surface area contributed by atoms with E-state index in [0.717, 1.165) is 0 Å². The van der Waals surface area contributed by atoms with E-state index in [1.165, 1.54) is 139 Å². The van der Waals surface area contributed by atoms with Gasteiger partial charge >= 0.3 is 0 Å². The summed E-state index contributed by atoms with van der Waals surface area (Å²) in [5, 5.41) is 0. The van der Waals surface area contributed by atoms with Gasteiger partial charge in [-0.25, -0.2) is 0 Å². The molecule has 0 N–H and O–H groups in total. The van der Waals surface area contributed by atoms with Crippen LogP contribution in [0, 0.1) is 34.6 Å². The molecule has 0 heteroatoms. The molecule has 95 heavy (non-hydrogen) atoms. The van der Waals surface area contributed by atoms with Crippen molar-refractivity contribution in [2.45, 2.75) is 34.6 Å². The van der Waals surface area contributed by atoms with Gasteiger partial charge in [-0.2, -0.15) is 0 Å². The van der Waals surface area contributed by atoms with Crippen LogP contribution in [0.15, 0.2) is 394 Å². The van der Waals surface area contributed by atoms with Crippen molar-refractivity contribution in [3.05, 3.63) is 422 Å². The molecule has 0 spiro atoms. The Bertz CT molecular complexity index is 4760. The van der Waals surface area contributed by atoms with Gasteiger partial charge < -0.3 is 0 Å². The van der Waals surface area contributed by atoms with Crippen LogP contribution in [0.4, 0.5) is 0 Å². The summed E-state index contributed by atoms with van der Waals surface area (Å²) in [4.78, 5) is 0. The van der Waals surface area contributed by atoms with E-state index in [9.17, 15) is 0 Å². The molecule has 0 aliphatic rings. The third-order valence-electron chi connectivity index (χ3n) is 16.9. The Morgan fingerprint density at radius 2 is 0.389 bits per heavy atom. The SMILES string of the molecule is Cc1ccc(-c2ccccc2)c(-c2ccccc2)c1.Cc1ccc(-c2ccccc2-c2ccccc2)cc1.Cc1cccc(-c2ccccc2)c1-c1ccccc1.Cc1cccc(-c2ccccc2-c2ccccc2)c1.Cc1ccccc1-c1ccccc1-c1ccccc1. The molecule has 0 heterocycles. The number of hydrogen-bond donors (Lipinski definition) is 0. The highest BCUT2D eigenvalue weighted by atomic mass is 14.2. The lowest BCUT2D eigenvalue weighted by molar-refractivity contribution is 1.45. The van der Waals surface area contributed by atoms with Gasteiger partial charge in [0.15, 0.2) is 0 Å². The summed E-state index contributed by atoms with van der Waals surface area (Å²) in [6, 6.07) is 139. The van der Waals surface area contributed by atoms with Crippen LogP contribution in [0.1, 0.15) is 27.8 Å². The lowest BCUT2D eigenvalue weighted by Crippen LogP contribution is -1.88. The van der Waals surface area contributed by atoms with E-state index in [-0.39, 0.29) is 0 Å². The van der Waals surface area contributed by atoms with Crippen LogP contribution in [0.2, 0.25) is 0 Å². The molecule has 460 valence electrons. The second-order valence-electron chi connectivity index (χ2n) is 23.8. The number of hydrogen-bond acceptors (Lipinski definition) is 0. The van der Waals surface area contributed by atoms with E-state index in [0.29, 0.717) is 0 Å². The summed E-state index contributed by atoms with van der Waals surface area (Å²) in [6.45, 7) is 10.7. The fourth-order valence-corrected chi connectivity index (χ4v) is 12.1. The second-order valence-corrected chi connectivity index (χ2v) is 23.8. The summed E-state index contributed by atoms with van der Waals surface area (Å²) in [7, 11) is 0. The minimum atomic E-state index is 1.26. The van der Waals surface area contributed by atoms with E-state index in [1.807, 2.05) is 0 Å². The highest BCUT2D eigenvalue weighted by Crippen LogP contribution is 2.38. The van der Waals surface area contributed by atoms with Crippen LogP contribution in [-0.2, 0) is 0 Å². The molecule has 0 aromatic heterocycles. The molecule has 0 unspecified atom stereocenters. The topological polar surface area (TPSA) is 0 Å². The van der Waals surface area contributed by atoms with E-state index in [2.05, 4.69) is 429 Å². The molecule has 15 aromatic rings. The highest BCUT2D eigenvalue weighted by Gasteiger charge is 2.13. The molecular weight excluding hydrogens is 1140 g/mol. The zero-order valence-corrected chi connectivity index (χ0v) is 55.0. The Labute approximate surface area is 564 Å². The fourth-order valence-electron chi connectivity index (χ4n) is 12.1. The van der Waals surface area contributed by atoms with Gasteiger partial charge in [0, 0.05) is 0 Å². The van der Waals surface area contributed by atoms with Gasteiger partial charge in [0.1, 0.15) is 0 Å². The zero-order valence-electron chi connectivity index (χ0n) is 55.0. The molecule has 15 aromatic carbocycles. The molecule has 0 aliphatic heterocycles. The third-order valence-corrected chi connectivity index (χ3v) is 16.9. The first-order chi connectivity index (χ1) is 46.8. The van der Waals surface area contributed by atoms with Crippen LogP contribution in [-0.4, -0.2) is 0 Å². The largest absolute Gasteiger partial charge is 0.0622 e. The smallest absolute Gasteiger partial charge is 0.00761 e. The Kier molecular flexibility index (Phi) is 22.5. The van der Waals surface area contributed by atoms with E-state index in [1.54, 1.807) is 0 Å². The maximum atomic E-state index is 2.26. The molecule has 0 aliphatic carbocycles. The summed E-state index contributed by atoms with van der Waals surface area (Å²) in [5.74, 6) is 0. The van der Waals surface area contributed by atoms with Crippen LogP contribution in [0.3, 0.4) is 0 Å². The van der Waals surface area contributed by atoms with Crippen LogP contribution >= 0.6 is 0 Å². The van der Waals surface area contributed by atoms with Gasteiger partial charge in [-0.1, -0.05) is 411 Å². The summed E-state index contributed by atoms with van der Waals surface area (Å²) >= 11 is 0. The van der Waals surface area contributed by atoms with Crippen molar-refractivity contribution in [1.29, 1.82) is 0 Å². The Morgan fingerprint density at radius 3 is 0.811 bits per heavy atom. The molecule has 0 amide bonds. The maximum Gasteiger partial charge on any atom is -0.00761 e. The molecule has 15 rings (SSSR count). The molecule has 0 nitrogen and oxygen atoms in total. The summed E-state index contributed by atoms with van der Waals surface area (Å²) in [6.07, 6.45) is 0. The Hall–Kier alpha value is -11.7. The quantitative estimate of drug-likeness (QED) is 0.128. The molecule has 0 saturated carbocycles. The van der Waals surface area contributed by atoms with Gasteiger partial charge in [0.2, 0.25) is 0 Å². The van der Waals surface area contributed by atoms with Crippen molar-refractivity contribution in [2.75, 3.05) is 0 Å². The summed E-state index contributed by atoms with van der Waals surface area (Å²) < 4.78 is 0. The van der Waals surface area contributed by atoms with Gasteiger partial charge in [0.25, 0.3) is 0 Å². The predicted octanol–water partition coefficient (Wildman–Crippen LogP) is 26.6. The average Bonchev–Trinajstić information content (AvgIpc) is 1.01. The van der Waals surface area contributed by atoms with Crippen molar-refractivity contribution in [3.63, 3.8) is 0 Å². The third kappa shape index (κ3) is 17.3. The number of rotatable bonds is 10. The van der Waals surface area contributed by atoms with Crippen molar-refractivity contribution in [2.24, 2.45) is 0 Å². The molecule has 0 fully saturated rings. The van der Waals surface area contributed by atoms with Gasteiger partial charge in [-0.3, -0.25) is 0 Å². The minimum Gasteiger partial charge on any atom is -0.0622 e. The molecule has 0 saturated heterocycles. The first kappa shape index (κ1) is 64.8. The second kappa shape index (κ2) is 33.0. The number of benzene rings is 15. The van der Waals surface area contributed by atoms with Crippen LogP contribution < -0.4 is 0 Å². The average molecular weight is 1220 g/mol. The zero-order chi connectivity index (χ0) is 65.4. The lowest BCUT2D eigenvalue weighted by atomic mass is 9.91. The van der Waals surface area contributed by atoms with Crippen molar-refractivity contribution < 1.29 is 0 Å². The van der Waals surface area contributed by atoms with E-state index in [4.69, 9.17) is 0 Å². The predicted molar refractivity (Wildman–Crippen MR) is 410 cm³/mol. The van der Waals surface area contributed by atoms with Crippen LogP contribution in [0.25, 0.3) is 111 Å². The standard InChI is InChI=1S/5C19H16/c1-15-9-8-14-18(16-10-4-2-5-11-16)19(15)17-12-6-3-7-13-17;1-15-12-13-18(16-8-4-2-5-9-16)19(14-15)17-10-6-3-7-11-17;1-15-9-5-6-12-17(15)19-14-8-7-13-18(19)16-10-3-2-4-11-16;1-15-8-7-11-17(14-15)19-13-6-5-12-18(19)16-9-3-2-4-10-16;1-15-11-13-17(14-12-15)19-10-6-5-9-18(19)16-7-3-2-4-8-16/h5*2-14H,1H3. The van der Waals surface area contributed by atoms with Crippen molar-refractivity contribution >= 4 is 0 Å². The Balaban J connectivity index is 0.000000121. The molecule has 0 radical (unpaired) electrons. The molecule has 0 bridgehead atoms. The van der Waals surface area contributed by atoms with Crippen molar-refractivity contribution in [3.8, 4) is 111 Å². The Morgan fingerprint density at radius 1 is 0.126 bits per heavy atom. The molecular formula is C95H80. The fraction of sp³-hybridized carbons (Fsp3) is 0.0526. The van der Waals surface area contributed by atoms with Crippen molar-refractivity contribution in [1.82, 2.24) is 0 Å². The first-order valence-electron chi connectivity index (χ1n) is 32.8. The maximum absolute atomic E-state index is 2.26. The first-order valence-corrected chi connectivity index (χ1v) is 32.8. The normalized spacial score (nSPS) is 10.4. The van der Waals surface area contributed by atoms with E-state index < -0.39 is 0 Å². The monoisotopic (exact) mass is 1220 g/mol.